The van der Waals surface area contributed by atoms with Crippen LogP contribution in [0.2, 0.25) is 0 Å². The van der Waals surface area contributed by atoms with Gasteiger partial charge in [0.15, 0.2) is 0 Å². The summed E-state index contributed by atoms with van der Waals surface area (Å²) in [6.07, 6.45) is 0.465. The van der Waals surface area contributed by atoms with E-state index < -0.39 is 6.04 Å². The van der Waals surface area contributed by atoms with Crippen molar-refractivity contribution in [3.8, 4) is 5.75 Å². The Bertz CT molecular complexity index is 363. The Labute approximate surface area is 101 Å². The Morgan fingerprint density at radius 1 is 1.41 bits per heavy atom. The summed E-state index contributed by atoms with van der Waals surface area (Å²) in [5.41, 5.74) is 6.73. The van der Waals surface area contributed by atoms with Crippen molar-refractivity contribution < 1.29 is 9.53 Å². The van der Waals surface area contributed by atoms with Gasteiger partial charge < -0.3 is 10.5 Å². The number of hydrazine groups is 1. The second-order valence-electron chi connectivity index (χ2n) is 3.84. The van der Waals surface area contributed by atoms with Crippen molar-refractivity contribution in [2.24, 2.45) is 11.6 Å². The van der Waals surface area contributed by atoms with E-state index in [2.05, 4.69) is 0 Å². The van der Waals surface area contributed by atoms with E-state index in [4.69, 9.17) is 16.3 Å². The molecule has 0 aliphatic heterocycles. The Morgan fingerprint density at radius 2 is 2.00 bits per heavy atom. The molecule has 5 nitrogen and oxygen atoms in total. The molecule has 1 aromatic carbocycles. The smallest absolute Gasteiger partial charge is 0.253 e. The quantitative estimate of drug-likeness (QED) is 0.438. The number of nitrogens with two attached hydrogens (primary N) is 2. The molecule has 0 heterocycles. The SMILES string of the molecule is CCOc1ccc(CC(N)C(=O)N(C)N)cc1. The molecule has 0 bridgehead atoms. The van der Waals surface area contributed by atoms with Crippen molar-refractivity contribution in [2.45, 2.75) is 19.4 Å². The Hall–Kier alpha value is -1.59. The van der Waals surface area contributed by atoms with Crippen LogP contribution in [0.4, 0.5) is 0 Å². The second kappa shape index (κ2) is 6.22. The molecule has 0 spiro atoms. The molecule has 0 fully saturated rings. The molecule has 0 saturated carbocycles. The van der Waals surface area contributed by atoms with Crippen LogP contribution in [0.1, 0.15) is 12.5 Å². The lowest BCUT2D eigenvalue weighted by Gasteiger charge is -2.16. The van der Waals surface area contributed by atoms with Gasteiger partial charge in [-0.15, -0.1) is 0 Å². The van der Waals surface area contributed by atoms with Gasteiger partial charge in [0, 0.05) is 7.05 Å². The lowest BCUT2D eigenvalue weighted by molar-refractivity contribution is -0.131. The van der Waals surface area contributed by atoms with Crippen LogP contribution in [0, 0.1) is 0 Å². The van der Waals surface area contributed by atoms with Crippen LogP contribution in [0.25, 0.3) is 0 Å². The highest BCUT2D eigenvalue weighted by Gasteiger charge is 2.16. The molecular weight excluding hydrogens is 218 g/mol. The number of ether oxygens (including phenoxy) is 1. The predicted molar refractivity (Wildman–Crippen MR) is 66.2 cm³/mol. The van der Waals surface area contributed by atoms with Crippen LogP contribution < -0.4 is 16.3 Å². The largest absolute Gasteiger partial charge is 0.494 e. The van der Waals surface area contributed by atoms with Gasteiger partial charge in [0.05, 0.1) is 12.6 Å². The van der Waals surface area contributed by atoms with Crippen molar-refractivity contribution in [3.05, 3.63) is 29.8 Å². The van der Waals surface area contributed by atoms with Gasteiger partial charge in [0.25, 0.3) is 5.91 Å². The van der Waals surface area contributed by atoms with E-state index in [-0.39, 0.29) is 5.91 Å². The van der Waals surface area contributed by atoms with Gasteiger partial charge >= 0.3 is 0 Å². The van der Waals surface area contributed by atoms with E-state index in [9.17, 15) is 4.79 Å². The monoisotopic (exact) mass is 237 g/mol. The Kier molecular flexibility index (Phi) is 4.93. The molecule has 0 radical (unpaired) electrons. The first-order chi connectivity index (χ1) is 8.04. The number of nitrogens with zero attached hydrogens (tertiary/aromatic N) is 1. The molecule has 0 aromatic heterocycles. The average molecular weight is 237 g/mol. The van der Waals surface area contributed by atoms with Gasteiger partial charge in [0.1, 0.15) is 5.75 Å². The summed E-state index contributed by atoms with van der Waals surface area (Å²) in [7, 11) is 1.49. The van der Waals surface area contributed by atoms with Crippen LogP contribution in [-0.2, 0) is 11.2 Å². The maximum atomic E-state index is 11.5. The molecular formula is C12H19N3O2. The minimum atomic E-state index is -0.608. The van der Waals surface area contributed by atoms with E-state index in [0.29, 0.717) is 13.0 Å². The average Bonchev–Trinajstić information content (AvgIpc) is 2.30. The van der Waals surface area contributed by atoms with Gasteiger partial charge in [-0.05, 0) is 31.0 Å². The Balaban J connectivity index is 2.60. The second-order valence-corrected chi connectivity index (χ2v) is 3.84. The van der Waals surface area contributed by atoms with Crippen LogP contribution in [0.5, 0.6) is 5.75 Å². The summed E-state index contributed by atoms with van der Waals surface area (Å²) in [4.78, 5) is 11.5. The summed E-state index contributed by atoms with van der Waals surface area (Å²) in [5.74, 6) is 5.87. The number of carbonyl (C=O) groups is 1. The predicted octanol–water partition coefficient (Wildman–Crippen LogP) is 0.287. The molecule has 0 aliphatic rings. The molecule has 5 heteroatoms. The molecule has 94 valence electrons. The number of amides is 1. The van der Waals surface area contributed by atoms with Crippen LogP contribution in [-0.4, -0.2) is 30.6 Å². The van der Waals surface area contributed by atoms with Crippen molar-refractivity contribution >= 4 is 5.91 Å². The van der Waals surface area contributed by atoms with Crippen molar-refractivity contribution in [1.82, 2.24) is 5.01 Å². The van der Waals surface area contributed by atoms with Crippen LogP contribution in [0.3, 0.4) is 0 Å². The molecule has 0 aliphatic carbocycles. The maximum Gasteiger partial charge on any atom is 0.253 e. The molecule has 1 atom stereocenters. The molecule has 4 N–H and O–H groups in total. The molecule has 1 amide bonds. The fourth-order valence-electron chi connectivity index (χ4n) is 1.49. The number of hydrogen-bond acceptors (Lipinski definition) is 4. The maximum absolute atomic E-state index is 11.5. The van der Waals surface area contributed by atoms with Crippen molar-refractivity contribution in [3.63, 3.8) is 0 Å². The van der Waals surface area contributed by atoms with Crippen LogP contribution in [0.15, 0.2) is 24.3 Å². The van der Waals surface area contributed by atoms with Crippen molar-refractivity contribution in [2.75, 3.05) is 13.7 Å². The molecule has 0 saturated heterocycles. The third-order valence-corrected chi connectivity index (χ3v) is 2.35. The minimum Gasteiger partial charge on any atom is -0.494 e. The summed E-state index contributed by atoms with van der Waals surface area (Å²) in [5, 5.41) is 1.01. The van der Waals surface area contributed by atoms with E-state index in [1.54, 1.807) is 0 Å². The zero-order valence-electron chi connectivity index (χ0n) is 10.2. The highest BCUT2D eigenvalue weighted by Crippen LogP contribution is 2.13. The first-order valence-corrected chi connectivity index (χ1v) is 5.54. The number of rotatable bonds is 5. The molecule has 1 rings (SSSR count). The third-order valence-electron chi connectivity index (χ3n) is 2.35. The van der Waals surface area contributed by atoms with E-state index in [1.165, 1.54) is 7.05 Å². The number of likely N-dealkylation sites (N-methyl/N-ethyl adjacent to an activating group) is 1. The van der Waals surface area contributed by atoms with E-state index in [1.807, 2.05) is 31.2 Å². The van der Waals surface area contributed by atoms with Gasteiger partial charge in [-0.1, -0.05) is 12.1 Å². The lowest BCUT2D eigenvalue weighted by Crippen LogP contribution is -2.46. The highest BCUT2D eigenvalue weighted by atomic mass is 16.5. The molecule has 1 unspecified atom stereocenters. The molecule has 17 heavy (non-hydrogen) atoms. The first kappa shape index (κ1) is 13.5. The minimum absolute atomic E-state index is 0.279. The summed E-state index contributed by atoms with van der Waals surface area (Å²) >= 11 is 0. The number of carbonyl (C=O) groups excluding carboxylic acids is 1. The fraction of sp³-hybridized carbons (Fsp3) is 0.417. The lowest BCUT2D eigenvalue weighted by atomic mass is 10.1. The summed E-state index contributed by atoms with van der Waals surface area (Å²) in [6.45, 7) is 2.56. The van der Waals surface area contributed by atoms with Gasteiger partial charge in [0.2, 0.25) is 0 Å². The fourth-order valence-corrected chi connectivity index (χ4v) is 1.49. The highest BCUT2D eigenvalue weighted by molar-refractivity contribution is 5.81. The van der Waals surface area contributed by atoms with Gasteiger partial charge in [-0.2, -0.15) is 0 Å². The van der Waals surface area contributed by atoms with E-state index in [0.717, 1.165) is 16.3 Å². The Morgan fingerprint density at radius 3 is 2.47 bits per heavy atom. The third kappa shape index (κ3) is 4.05. The topological polar surface area (TPSA) is 81.6 Å². The van der Waals surface area contributed by atoms with Crippen molar-refractivity contribution in [1.29, 1.82) is 0 Å². The standard InChI is InChI=1S/C12H19N3O2/c1-3-17-10-6-4-9(5-7-10)8-11(13)12(16)15(2)14/h4-7,11H,3,8,13-14H2,1-2H3. The zero-order chi connectivity index (χ0) is 12.8. The van der Waals surface area contributed by atoms with Gasteiger partial charge in [-0.25, -0.2) is 5.84 Å². The summed E-state index contributed by atoms with van der Waals surface area (Å²) < 4.78 is 5.33. The van der Waals surface area contributed by atoms with E-state index >= 15 is 0 Å². The zero-order valence-corrected chi connectivity index (χ0v) is 10.2. The summed E-state index contributed by atoms with van der Waals surface area (Å²) in [6, 6.07) is 6.91. The normalized spacial score (nSPS) is 12.0. The van der Waals surface area contributed by atoms with Gasteiger partial charge in [-0.3, -0.25) is 9.80 Å². The number of benzene rings is 1. The first-order valence-electron chi connectivity index (χ1n) is 5.54. The van der Waals surface area contributed by atoms with Crippen LogP contribution >= 0.6 is 0 Å². The molecule has 1 aromatic rings. The number of hydrogen-bond donors (Lipinski definition) is 2.